The number of para-hydroxylation sites is 1. The molecule has 17 heavy (non-hydrogen) atoms. The molecule has 3 N–H and O–H groups in total. The molecule has 2 rings (SSSR count). The highest BCUT2D eigenvalue weighted by atomic mass is 16.2. The molecule has 1 heterocycles. The predicted octanol–water partition coefficient (Wildman–Crippen LogP) is -0.997. The molecule has 88 valence electrons. The normalized spacial score (nSPS) is 20.0. The van der Waals surface area contributed by atoms with E-state index in [0.29, 0.717) is 5.69 Å². The minimum Gasteiger partial charge on any atom is -0.368 e. The van der Waals surface area contributed by atoms with E-state index in [2.05, 4.69) is 5.32 Å². The maximum Gasteiger partial charge on any atom is 0.317 e. The third-order valence-corrected chi connectivity index (χ3v) is 2.54. The third kappa shape index (κ3) is 1.96. The molecule has 1 atom stereocenters. The maximum absolute atomic E-state index is 11.7. The summed E-state index contributed by atoms with van der Waals surface area (Å²) in [4.78, 5) is 35.4. The summed E-state index contributed by atoms with van der Waals surface area (Å²) >= 11 is 0. The first-order valence-corrected chi connectivity index (χ1v) is 5.07. The van der Waals surface area contributed by atoms with Crippen molar-refractivity contribution in [1.82, 2.24) is 5.32 Å². The zero-order chi connectivity index (χ0) is 12.4. The predicted molar refractivity (Wildman–Crippen MR) is 59.9 cm³/mol. The number of carbonyl (C=O) groups is 3. The van der Waals surface area contributed by atoms with Crippen molar-refractivity contribution in [3.05, 3.63) is 30.3 Å². The van der Waals surface area contributed by atoms with Crippen LogP contribution in [0.3, 0.4) is 0 Å². The first-order valence-electron chi connectivity index (χ1n) is 5.07. The van der Waals surface area contributed by atoms with Crippen LogP contribution in [0.15, 0.2) is 30.3 Å². The Morgan fingerprint density at radius 2 is 1.94 bits per heavy atom. The zero-order valence-corrected chi connectivity index (χ0v) is 8.92. The molecule has 3 amide bonds. The average molecular weight is 233 g/mol. The lowest BCUT2D eigenvalue weighted by molar-refractivity contribution is -0.140. The summed E-state index contributed by atoms with van der Waals surface area (Å²) in [6, 6.07) is 7.65. The lowest BCUT2D eigenvalue weighted by Gasteiger charge is -2.33. The number of anilines is 1. The van der Waals surface area contributed by atoms with Gasteiger partial charge in [0, 0.05) is 12.2 Å². The highest BCUT2D eigenvalue weighted by Gasteiger charge is 2.37. The first-order chi connectivity index (χ1) is 8.11. The summed E-state index contributed by atoms with van der Waals surface area (Å²) in [6.45, 7) is 0.0365. The smallest absolute Gasteiger partial charge is 0.317 e. The number of piperazine rings is 1. The fourth-order valence-electron chi connectivity index (χ4n) is 1.72. The van der Waals surface area contributed by atoms with Gasteiger partial charge in [0.05, 0.1) is 0 Å². The van der Waals surface area contributed by atoms with Gasteiger partial charge in [0.15, 0.2) is 0 Å². The highest BCUT2D eigenvalue weighted by Crippen LogP contribution is 2.18. The van der Waals surface area contributed by atoms with Gasteiger partial charge in [-0.2, -0.15) is 0 Å². The van der Waals surface area contributed by atoms with Crippen molar-refractivity contribution in [1.29, 1.82) is 0 Å². The summed E-state index contributed by atoms with van der Waals surface area (Å²) in [5.74, 6) is -2.15. The van der Waals surface area contributed by atoms with Gasteiger partial charge in [0.2, 0.25) is 5.91 Å². The van der Waals surface area contributed by atoms with Gasteiger partial charge < -0.3 is 11.1 Å². The van der Waals surface area contributed by atoms with Crippen LogP contribution in [0, 0.1) is 0 Å². The van der Waals surface area contributed by atoms with Gasteiger partial charge in [-0.25, -0.2) is 0 Å². The Morgan fingerprint density at radius 3 is 2.53 bits per heavy atom. The number of nitrogens with one attached hydrogen (secondary N) is 1. The monoisotopic (exact) mass is 233 g/mol. The van der Waals surface area contributed by atoms with Crippen LogP contribution in [0.25, 0.3) is 0 Å². The molecule has 1 aliphatic heterocycles. The molecule has 0 aliphatic carbocycles. The molecule has 0 saturated carbocycles. The molecular formula is C11H11N3O3. The summed E-state index contributed by atoms with van der Waals surface area (Å²) < 4.78 is 0. The van der Waals surface area contributed by atoms with Crippen LogP contribution in [0.5, 0.6) is 0 Å². The number of hydrogen-bond donors (Lipinski definition) is 2. The molecule has 1 fully saturated rings. The van der Waals surface area contributed by atoms with Gasteiger partial charge in [-0.3, -0.25) is 19.3 Å². The molecule has 1 aromatic carbocycles. The van der Waals surface area contributed by atoms with Gasteiger partial charge in [0.25, 0.3) is 0 Å². The molecule has 0 aromatic heterocycles. The van der Waals surface area contributed by atoms with E-state index < -0.39 is 23.8 Å². The number of nitrogens with zero attached hydrogens (tertiary/aromatic N) is 1. The average Bonchev–Trinajstić information content (AvgIpc) is 2.33. The Morgan fingerprint density at radius 1 is 1.29 bits per heavy atom. The SMILES string of the molecule is NC(=O)C1CNC(=O)C(=O)N1c1ccccc1. The molecule has 6 heteroatoms. The topological polar surface area (TPSA) is 92.5 Å². The second-order valence-corrected chi connectivity index (χ2v) is 3.64. The van der Waals surface area contributed by atoms with Crippen LogP contribution in [0.1, 0.15) is 0 Å². The van der Waals surface area contributed by atoms with Crippen molar-refractivity contribution in [3.8, 4) is 0 Å². The Kier molecular flexibility index (Phi) is 2.78. The van der Waals surface area contributed by atoms with Crippen molar-refractivity contribution in [3.63, 3.8) is 0 Å². The van der Waals surface area contributed by atoms with E-state index in [4.69, 9.17) is 5.73 Å². The van der Waals surface area contributed by atoms with Crippen molar-refractivity contribution in [2.45, 2.75) is 6.04 Å². The zero-order valence-electron chi connectivity index (χ0n) is 8.92. The Balaban J connectivity index is 2.40. The first kappa shape index (κ1) is 11.1. The Labute approximate surface area is 97.4 Å². The molecular weight excluding hydrogens is 222 g/mol. The number of nitrogens with two attached hydrogens (primary N) is 1. The van der Waals surface area contributed by atoms with Crippen LogP contribution in [0.4, 0.5) is 5.69 Å². The Bertz CT molecular complexity index is 472. The summed E-state index contributed by atoms with van der Waals surface area (Å²) in [5, 5.41) is 2.33. The highest BCUT2D eigenvalue weighted by molar-refractivity contribution is 6.42. The summed E-state index contributed by atoms with van der Waals surface area (Å²) in [7, 11) is 0. The quantitative estimate of drug-likeness (QED) is 0.642. The minimum atomic E-state index is -0.845. The van der Waals surface area contributed by atoms with Gasteiger partial charge in [-0.05, 0) is 12.1 Å². The number of carbonyl (C=O) groups excluding carboxylic acids is 3. The minimum absolute atomic E-state index is 0.0365. The second-order valence-electron chi connectivity index (χ2n) is 3.64. The molecule has 1 saturated heterocycles. The lowest BCUT2D eigenvalue weighted by atomic mass is 10.1. The molecule has 0 spiro atoms. The van der Waals surface area contributed by atoms with Gasteiger partial charge in [0.1, 0.15) is 6.04 Å². The number of amides is 3. The maximum atomic E-state index is 11.7. The van der Waals surface area contributed by atoms with Crippen molar-refractivity contribution in [2.75, 3.05) is 11.4 Å². The van der Waals surface area contributed by atoms with Crippen LogP contribution in [-0.4, -0.2) is 30.3 Å². The van der Waals surface area contributed by atoms with Crippen molar-refractivity contribution < 1.29 is 14.4 Å². The van der Waals surface area contributed by atoms with Gasteiger partial charge in [-0.1, -0.05) is 18.2 Å². The van der Waals surface area contributed by atoms with E-state index in [1.807, 2.05) is 0 Å². The largest absolute Gasteiger partial charge is 0.368 e. The number of benzene rings is 1. The van der Waals surface area contributed by atoms with Crippen LogP contribution >= 0.6 is 0 Å². The second kappa shape index (κ2) is 4.25. The van der Waals surface area contributed by atoms with Crippen molar-refractivity contribution in [2.24, 2.45) is 5.73 Å². The van der Waals surface area contributed by atoms with E-state index in [-0.39, 0.29) is 6.54 Å². The molecule has 0 radical (unpaired) electrons. The van der Waals surface area contributed by atoms with Gasteiger partial charge in [-0.15, -0.1) is 0 Å². The lowest BCUT2D eigenvalue weighted by Crippen LogP contribution is -2.62. The Hall–Kier alpha value is -2.37. The number of hydrogen-bond acceptors (Lipinski definition) is 3. The van der Waals surface area contributed by atoms with E-state index >= 15 is 0 Å². The standard InChI is InChI=1S/C11H11N3O3/c12-9(15)8-6-13-10(16)11(17)14(8)7-4-2-1-3-5-7/h1-5,8H,6H2,(H2,12,15)(H,13,16). The van der Waals surface area contributed by atoms with E-state index in [9.17, 15) is 14.4 Å². The summed E-state index contributed by atoms with van der Waals surface area (Å²) in [6.07, 6.45) is 0. The summed E-state index contributed by atoms with van der Waals surface area (Å²) in [5.41, 5.74) is 5.70. The molecule has 6 nitrogen and oxygen atoms in total. The number of primary amides is 1. The van der Waals surface area contributed by atoms with Crippen molar-refractivity contribution >= 4 is 23.4 Å². The van der Waals surface area contributed by atoms with E-state index in [1.54, 1.807) is 30.3 Å². The molecule has 1 aromatic rings. The van der Waals surface area contributed by atoms with Gasteiger partial charge >= 0.3 is 11.8 Å². The van der Waals surface area contributed by atoms with E-state index in [1.165, 1.54) is 0 Å². The van der Waals surface area contributed by atoms with Crippen LogP contribution in [0.2, 0.25) is 0 Å². The molecule has 1 unspecified atom stereocenters. The third-order valence-electron chi connectivity index (χ3n) is 2.54. The van der Waals surface area contributed by atoms with Crippen LogP contribution in [-0.2, 0) is 14.4 Å². The van der Waals surface area contributed by atoms with E-state index in [0.717, 1.165) is 4.90 Å². The fourth-order valence-corrected chi connectivity index (χ4v) is 1.72. The fraction of sp³-hybridized carbons (Fsp3) is 0.182. The number of rotatable bonds is 2. The molecule has 0 bridgehead atoms. The molecule has 1 aliphatic rings. The van der Waals surface area contributed by atoms with Crippen LogP contribution < -0.4 is 16.0 Å².